The molecule has 94 valence electrons. The zero-order valence-electron chi connectivity index (χ0n) is 10.5. The van der Waals surface area contributed by atoms with Gasteiger partial charge in [-0.05, 0) is 19.4 Å². The quantitative estimate of drug-likeness (QED) is 0.315. The van der Waals surface area contributed by atoms with E-state index in [1.165, 1.54) is 0 Å². The number of hydrogen-bond donors (Lipinski definition) is 3. The van der Waals surface area contributed by atoms with E-state index in [4.69, 9.17) is 11.5 Å². The van der Waals surface area contributed by atoms with Crippen LogP contribution in [-0.4, -0.2) is 30.9 Å². The molecule has 5 heteroatoms. The van der Waals surface area contributed by atoms with Crippen molar-refractivity contribution >= 4 is 11.7 Å². The zero-order valence-corrected chi connectivity index (χ0v) is 10.5. The van der Waals surface area contributed by atoms with Gasteiger partial charge < -0.3 is 16.8 Å². The van der Waals surface area contributed by atoms with Crippen molar-refractivity contribution in [1.29, 1.82) is 0 Å². The van der Waals surface area contributed by atoms with Gasteiger partial charge in [0.25, 0.3) is 0 Å². The summed E-state index contributed by atoms with van der Waals surface area (Å²) in [5, 5.41) is 3.19. The van der Waals surface area contributed by atoms with E-state index in [-0.39, 0.29) is 23.7 Å². The summed E-state index contributed by atoms with van der Waals surface area (Å²) in [6, 6.07) is -0.0702. The molecular formula is C11H24N4O. The zero-order chi connectivity index (χ0) is 12.6. The lowest BCUT2D eigenvalue weighted by atomic mass is 9.98. The van der Waals surface area contributed by atoms with Gasteiger partial charge in [0.05, 0.1) is 6.04 Å². The molecule has 0 aliphatic carbocycles. The predicted molar refractivity (Wildman–Crippen MR) is 67.2 cm³/mol. The van der Waals surface area contributed by atoms with Gasteiger partial charge in [-0.1, -0.05) is 20.8 Å². The Hall–Kier alpha value is -1.10. The number of nitrogens with zero attached hydrogens (tertiary/aromatic N) is 1. The maximum Gasteiger partial charge on any atom is 0.185 e. The van der Waals surface area contributed by atoms with Crippen molar-refractivity contribution in [3.8, 4) is 0 Å². The van der Waals surface area contributed by atoms with Crippen molar-refractivity contribution in [2.75, 3.05) is 13.1 Å². The van der Waals surface area contributed by atoms with Gasteiger partial charge in [0.15, 0.2) is 11.7 Å². The van der Waals surface area contributed by atoms with E-state index in [0.29, 0.717) is 6.54 Å². The van der Waals surface area contributed by atoms with E-state index in [2.05, 4.69) is 10.3 Å². The van der Waals surface area contributed by atoms with Crippen LogP contribution in [0.5, 0.6) is 0 Å². The highest BCUT2D eigenvalue weighted by Gasteiger charge is 2.19. The van der Waals surface area contributed by atoms with Crippen LogP contribution < -0.4 is 16.8 Å². The van der Waals surface area contributed by atoms with E-state index in [9.17, 15) is 4.79 Å². The fourth-order valence-electron chi connectivity index (χ4n) is 1.50. The van der Waals surface area contributed by atoms with Gasteiger partial charge in [-0.25, -0.2) is 0 Å². The molecule has 0 fully saturated rings. The monoisotopic (exact) mass is 228 g/mol. The number of guanidine groups is 1. The third-order valence-corrected chi connectivity index (χ3v) is 2.31. The van der Waals surface area contributed by atoms with Gasteiger partial charge in [-0.15, -0.1) is 0 Å². The molecule has 1 atom stereocenters. The van der Waals surface area contributed by atoms with Gasteiger partial charge >= 0.3 is 0 Å². The molecule has 0 saturated carbocycles. The van der Waals surface area contributed by atoms with Gasteiger partial charge in [0.2, 0.25) is 0 Å². The second-order valence-electron chi connectivity index (χ2n) is 4.12. The number of aliphatic imine (C=N–C) groups is 1. The lowest BCUT2D eigenvalue weighted by molar-refractivity contribution is -0.124. The molecular weight excluding hydrogens is 204 g/mol. The number of nitrogens with two attached hydrogens (primary N) is 2. The number of carbonyl (C=O) groups is 1. The summed E-state index contributed by atoms with van der Waals surface area (Å²) in [4.78, 5) is 15.7. The summed E-state index contributed by atoms with van der Waals surface area (Å²) in [5.41, 5.74) is 10.4. The van der Waals surface area contributed by atoms with Crippen LogP contribution in [0.15, 0.2) is 4.99 Å². The predicted octanol–water partition coefficient (Wildman–Crippen LogP) is 0.243. The molecule has 5 N–H and O–H groups in total. The van der Waals surface area contributed by atoms with Crippen molar-refractivity contribution in [3.63, 3.8) is 0 Å². The molecule has 0 aromatic carbocycles. The van der Waals surface area contributed by atoms with Crippen LogP contribution in [-0.2, 0) is 4.79 Å². The van der Waals surface area contributed by atoms with E-state index < -0.39 is 0 Å². The molecule has 0 amide bonds. The summed E-state index contributed by atoms with van der Waals surface area (Å²) in [6.45, 7) is 7.21. The normalized spacial score (nSPS) is 12.5. The molecule has 0 aromatic rings. The highest BCUT2D eigenvalue weighted by atomic mass is 16.1. The highest BCUT2D eigenvalue weighted by molar-refractivity contribution is 5.85. The van der Waals surface area contributed by atoms with Crippen LogP contribution in [0.4, 0.5) is 0 Å². The smallest absolute Gasteiger partial charge is 0.185 e. The first kappa shape index (κ1) is 14.9. The third-order valence-electron chi connectivity index (χ3n) is 2.31. The molecule has 0 radical (unpaired) electrons. The lowest BCUT2D eigenvalue weighted by Crippen LogP contribution is -2.39. The Bertz CT molecular complexity index is 234. The van der Waals surface area contributed by atoms with Crippen LogP contribution in [0.2, 0.25) is 0 Å². The largest absolute Gasteiger partial charge is 0.370 e. The molecule has 0 spiro atoms. The molecule has 16 heavy (non-hydrogen) atoms. The summed E-state index contributed by atoms with van der Waals surface area (Å²) < 4.78 is 0. The minimum Gasteiger partial charge on any atom is -0.370 e. The number of carbonyl (C=O) groups excluding carboxylic acids is 1. The summed E-state index contributed by atoms with van der Waals surface area (Å²) in [5.74, 6) is 0.425. The standard InChI is InChI=1S/C11H24N4O/c1-4-14-9(10(16)8(2)3)6-5-7-15-11(12)13/h8-9,14H,4-7H2,1-3H3,(H4,12,13,15)/t9-/m0/s1. The van der Waals surface area contributed by atoms with Crippen LogP contribution >= 0.6 is 0 Å². The summed E-state index contributed by atoms with van der Waals surface area (Å²) in [7, 11) is 0. The number of likely N-dealkylation sites (N-methyl/N-ethyl adjacent to an activating group) is 1. The van der Waals surface area contributed by atoms with Crippen molar-refractivity contribution in [3.05, 3.63) is 0 Å². The Morgan fingerprint density at radius 2 is 2.00 bits per heavy atom. The average molecular weight is 228 g/mol. The molecule has 0 aliphatic heterocycles. The number of rotatable bonds is 8. The SMILES string of the molecule is CCN[C@@H](CCCN=C(N)N)C(=O)C(C)C. The van der Waals surface area contributed by atoms with E-state index in [1.54, 1.807) is 0 Å². The van der Waals surface area contributed by atoms with Gasteiger partial charge in [0, 0.05) is 12.5 Å². The molecule has 0 rings (SSSR count). The van der Waals surface area contributed by atoms with Crippen molar-refractivity contribution in [1.82, 2.24) is 5.32 Å². The minimum atomic E-state index is -0.0702. The topological polar surface area (TPSA) is 93.5 Å². The molecule has 5 nitrogen and oxygen atoms in total. The van der Waals surface area contributed by atoms with E-state index in [1.807, 2.05) is 20.8 Å². The second kappa shape index (κ2) is 8.10. The van der Waals surface area contributed by atoms with Crippen molar-refractivity contribution < 1.29 is 4.79 Å². The first-order valence-corrected chi connectivity index (χ1v) is 5.81. The van der Waals surface area contributed by atoms with Crippen LogP contribution in [0, 0.1) is 5.92 Å². The Balaban J connectivity index is 4.04. The first-order chi connectivity index (χ1) is 7.49. The van der Waals surface area contributed by atoms with Gasteiger partial charge in [0.1, 0.15) is 0 Å². The van der Waals surface area contributed by atoms with Gasteiger partial charge in [-0.2, -0.15) is 0 Å². The number of Topliss-reactive ketones (excluding diaryl/α,β-unsaturated/α-hetero) is 1. The van der Waals surface area contributed by atoms with Crippen molar-refractivity contribution in [2.24, 2.45) is 22.4 Å². The Morgan fingerprint density at radius 1 is 1.38 bits per heavy atom. The average Bonchev–Trinajstić information content (AvgIpc) is 2.21. The molecule has 0 aliphatic rings. The maximum atomic E-state index is 11.8. The van der Waals surface area contributed by atoms with Crippen molar-refractivity contribution in [2.45, 2.75) is 39.7 Å². The summed E-state index contributed by atoms with van der Waals surface area (Å²) in [6.07, 6.45) is 1.59. The molecule has 0 unspecified atom stereocenters. The van der Waals surface area contributed by atoms with Gasteiger partial charge in [-0.3, -0.25) is 9.79 Å². The Labute approximate surface area is 97.7 Å². The molecule has 0 bridgehead atoms. The van der Waals surface area contributed by atoms with Crippen LogP contribution in [0.3, 0.4) is 0 Å². The van der Waals surface area contributed by atoms with Crippen LogP contribution in [0.1, 0.15) is 33.6 Å². The fraction of sp³-hybridized carbons (Fsp3) is 0.818. The molecule has 0 aromatic heterocycles. The highest BCUT2D eigenvalue weighted by Crippen LogP contribution is 2.06. The second-order valence-corrected chi connectivity index (χ2v) is 4.12. The number of hydrogen-bond acceptors (Lipinski definition) is 3. The fourth-order valence-corrected chi connectivity index (χ4v) is 1.50. The first-order valence-electron chi connectivity index (χ1n) is 5.81. The van der Waals surface area contributed by atoms with E-state index in [0.717, 1.165) is 19.4 Å². The lowest BCUT2D eigenvalue weighted by Gasteiger charge is -2.18. The Morgan fingerprint density at radius 3 is 2.44 bits per heavy atom. The van der Waals surface area contributed by atoms with Crippen LogP contribution in [0.25, 0.3) is 0 Å². The molecule has 0 saturated heterocycles. The maximum absolute atomic E-state index is 11.8. The number of ketones is 1. The molecule has 0 heterocycles. The minimum absolute atomic E-state index is 0.0622. The number of nitrogens with one attached hydrogen (secondary N) is 1. The van der Waals surface area contributed by atoms with E-state index >= 15 is 0 Å². The third kappa shape index (κ3) is 6.40. The summed E-state index contributed by atoms with van der Waals surface area (Å²) >= 11 is 0. The Kier molecular flexibility index (Phi) is 7.54.